The highest BCUT2D eigenvalue weighted by Crippen LogP contribution is 2.26. The van der Waals surface area contributed by atoms with Crippen molar-refractivity contribution in [2.24, 2.45) is 5.73 Å². The molecule has 0 spiro atoms. The molecule has 104 valence electrons. The van der Waals surface area contributed by atoms with Crippen molar-refractivity contribution >= 4 is 29.0 Å². The van der Waals surface area contributed by atoms with Gasteiger partial charge in [-0.1, -0.05) is 59.6 Å². The smallest absolute Gasteiger partial charge is 0.167 e. The van der Waals surface area contributed by atoms with Crippen LogP contribution in [0, 0.1) is 0 Å². The van der Waals surface area contributed by atoms with Crippen LogP contribution < -0.4 is 5.73 Å². The minimum absolute atomic E-state index is 0.0217. The maximum atomic E-state index is 12.2. The quantitative estimate of drug-likeness (QED) is 0.851. The van der Waals surface area contributed by atoms with E-state index in [-0.39, 0.29) is 12.2 Å². The number of hydrogen-bond acceptors (Lipinski definition) is 2. The summed E-state index contributed by atoms with van der Waals surface area (Å²) < 4.78 is 0. The lowest BCUT2D eigenvalue weighted by Gasteiger charge is -2.06. The van der Waals surface area contributed by atoms with Crippen LogP contribution in [0.4, 0.5) is 0 Å². The van der Waals surface area contributed by atoms with Crippen LogP contribution in [-0.2, 0) is 12.8 Å². The molecule has 0 aliphatic rings. The van der Waals surface area contributed by atoms with Gasteiger partial charge < -0.3 is 5.73 Å². The van der Waals surface area contributed by atoms with Gasteiger partial charge in [0, 0.05) is 12.0 Å². The van der Waals surface area contributed by atoms with Crippen LogP contribution in [0.25, 0.3) is 0 Å². The van der Waals surface area contributed by atoms with E-state index in [0.29, 0.717) is 22.2 Å². The van der Waals surface area contributed by atoms with Crippen LogP contribution in [0.2, 0.25) is 10.0 Å². The van der Waals surface area contributed by atoms with Crippen molar-refractivity contribution < 1.29 is 4.79 Å². The number of halogens is 2. The first-order valence-corrected chi connectivity index (χ1v) is 7.12. The molecular formula is C16H15Cl2NO. The van der Waals surface area contributed by atoms with E-state index in [1.807, 2.05) is 30.3 Å². The Morgan fingerprint density at radius 1 is 1.05 bits per heavy atom. The first-order valence-electron chi connectivity index (χ1n) is 6.37. The lowest BCUT2D eigenvalue weighted by atomic mass is 10.0. The number of carbonyl (C=O) groups excluding carboxylic acids is 1. The van der Waals surface area contributed by atoms with Gasteiger partial charge in [0.25, 0.3) is 0 Å². The summed E-state index contributed by atoms with van der Waals surface area (Å²) >= 11 is 12.0. The van der Waals surface area contributed by atoms with E-state index < -0.39 is 0 Å². The van der Waals surface area contributed by atoms with E-state index in [2.05, 4.69) is 0 Å². The molecule has 20 heavy (non-hydrogen) atoms. The molecule has 0 atom stereocenters. The fourth-order valence-electron chi connectivity index (χ4n) is 1.98. The van der Waals surface area contributed by atoms with Gasteiger partial charge in [0.2, 0.25) is 0 Å². The molecular weight excluding hydrogens is 293 g/mol. The number of carbonyl (C=O) groups is 1. The molecule has 2 nitrogen and oxygen atoms in total. The lowest BCUT2D eigenvalue weighted by molar-refractivity contribution is 0.0993. The Morgan fingerprint density at radius 3 is 2.40 bits per heavy atom. The second kappa shape index (κ2) is 6.89. The second-order valence-corrected chi connectivity index (χ2v) is 5.33. The molecule has 0 aliphatic carbocycles. The van der Waals surface area contributed by atoms with Crippen molar-refractivity contribution in [1.82, 2.24) is 0 Å². The molecule has 0 saturated carbocycles. The van der Waals surface area contributed by atoms with E-state index >= 15 is 0 Å². The molecule has 0 saturated heterocycles. The van der Waals surface area contributed by atoms with Gasteiger partial charge in [0.05, 0.1) is 10.0 Å². The van der Waals surface area contributed by atoms with Crippen LogP contribution >= 0.6 is 23.2 Å². The van der Waals surface area contributed by atoms with Gasteiger partial charge in [0.15, 0.2) is 5.78 Å². The Hall–Kier alpha value is -1.35. The Kier molecular flexibility index (Phi) is 5.18. The normalized spacial score (nSPS) is 10.6. The van der Waals surface area contributed by atoms with E-state index in [1.165, 1.54) is 0 Å². The summed E-state index contributed by atoms with van der Waals surface area (Å²) in [5, 5.41) is 0.914. The van der Waals surface area contributed by atoms with E-state index in [1.54, 1.807) is 12.1 Å². The summed E-state index contributed by atoms with van der Waals surface area (Å²) in [6.45, 7) is 0.603. The summed E-state index contributed by atoms with van der Waals surface area (Å²) in [5.41, 5.74) is 8.04. The number of rotatable bonds is 5. The zero-order chi connectivity index (χ0) is 14.5. The maximum absolute atomic E-state index is 12.2. The van der Waals surface area contributed by atoms with Gasteiger partial charge in [-0.3, -0.25) is 4.79 Å². The maximum Gasteiger partial charge on any atom is 0.167 e. The molecule has 2 aromatic rings. The third-order valence-electron chi connectivity index (χ3n) is 3.09. The van der Waals surface area contributed by atoms with E-state index in [9.17, 15) is 4.79 Å². The minimum Gasteiger partial charge on any atom is -0.330 e. The summed E-state index contributed by atoms with van der Waals surface area (Å²) in [4.78, 5) is 12.2. The largest absolute Gasteiger partial charge is 0.330 e. The Bertz CT molecular complexity index is 608. The standard InChI is InChI=1S/C16H15Cl2NO/c17-14-3-1-2-13(16(14)18)10-15(20)12-6-4-11(5-7-12)8-9-19/h1-7H,8-10,19H2. The number of benzene rings is 2. The number of nitrogens with two attached hydrogens (primary N) is 1. The van der Waals surface area contributed by atoms with Gasteiger partial charge in [-0.25, -0.2) is 0 Å². The van der Waals surface area contributed by atoms with Crippen molar-refractivity contribution in [1.29, 1.82) is 0 Å². The molecule has 2 N–H and O–H groups in total. The molecule has 2 aromatic carbocycles. The predicted molar refractivity (Wildman–Crippen MR) is 83.7 cm³/mol. The van der Waals surface area contributed by atoms with Gasteiger partial charge in [-0.2, -0.15) is 0 Å². The van der Waals surface area contributed by atoms with Crippen LogP contribution in [0.1, 0.15) is 21.5 Å². The van der Waals surface area contributed by atoms with Crippen molar-refractivity contribution in [3.8, 4) is 0 Å². The topological polar surface area (TPSA) is 43.1 Å². The fraction of sp³-hybridized carbons (Fsp3) is 0.188. The SMILES string of the molecule is NCCc1ccc(C(=O)Cc2cccc(Cl)c2Cl)cc1. The number of ketones is 1. The summed E-state index contributed by atoms with van der Waals surface area (Å²) in [6, 6.07) is 12.8. The number of Topliss-reactive ketones (excluding diaryl/α,β-unsaturated/α-hetero) is 1. The van der Waals surface area contributed by atoms with Crippen molar-refractivity contribution in [3.05, 3.63) is 69.2 Å². The lowest BCUT2D eigenvalue weighted by Crippen LogP contribution is -2.06. The van der Waals surface area contributed by atoms with Crippen molar-refractivity contribution in [3.63, 3.8) is 0 Å². The highest BCUT2D eigenvalue weighted by atomic mass is 35.5. The average Bonchev–Trinajstić information content (AvgIpc) is 2.45. The highest BCUT2D eigenvalue weighted by Gasteiger charge is 2.11. The van der Waals surface area contributed by atoms with E-state index in [4.69, 9.17) is 28.9 Å². The van der Waals surface area contributed by atoms with E-state index in [0.717, 1.165) is 17.5 Å². The monoisotopic (exact) mass is 307 g/mol. The van der Waals surface area contributed by atoms with Crippen molar-refractivity contribution in [2.75, 3.05) is 6.54 Å². The zero-order valence-corrected chi connectivity index (χ0v) is 12.4. The highest BCUT2D eigenvalue weighted by molar-refractivity contribution is 6.42. The first-order chi connectivity index (χ1) is 9.61. The first kappa shape index (κ1) is 15.0. The van der Waals surface area contributed by atoms with Crippen LogP contribution in [0.15, 0.2) is 42.5 Å². The Balaban J connectivity index is 2.13. The van der Waals surface area contributed by atoms with Gasteiger partial charge in [-0.05, 0) is 30.2 Å². The third-order valence-corrected chi connectivity index (χ3v) is 3.95. The van der Waals surface area contributed by atoms with Crippen LogP contribution in [0.3, 0.4) is 0 Å². The van der Waals surface area contributed by atoms with Gasteiger partial charge in [0.1, 0.15) is 0 Å². The van der Waals surface area contributed by atoms with Crippen LogP contribution in [-0.4, -0.2) is 12.3 Å². The molecule has 0 unspecified atom stereocenters. The minimum atomic E-state index is 0.0217. The predicted octanol–water partition coefficient (Wildman–Crippen LogP) is 3.92. The molecule has 0 heterocycles. The number of hydrogen-bond donors (Lipinski definition) is 1. The Morgan fingerprint density at radius 2 is 1.75 bits per heavy atom. The molecule has 0 bridgehead atoms. The molecule has 0 aliphatic heterocycles. The summed E-state index contributed by atoms with van der Waals surface area (Å²) in [5.74, 6) is 0.0217. The zero-order valence-electron chi connectivity index (χ0n) is 10.9. The molecule has 0 fully saturated rings. The molecule has 4 heteroatoms. The Labute approximate surface area is 128 Å². The summed E-state index contributed by atoms with van der Waals surface area (Å²) in [6.07, 6.45) is 1.06. The third kappa shape index (κ3) is 3.60. The van der Waals surface area contributed by atoms with Gasteiger partial charge in [-0.15, -0.1) is 0 Å². The molecule has 2 rings (SSSR count). The van der Waals surface area contributed by atoms with Crippen molar-refractivity contribution in [2.45, 2.75) is 12.8 Å². The molecule has 0 aromatic heterocycles. The summed E-state index contributed by atoms with van der Waals surface area (Å²) in [7, 11) is 0. The second-order valence-electron chi connectivity index (χ2n) is 4.55. The fourth-order valence-corrected chi connectivity index (χ4v) is 2.37. The average molecular weight is 308 g/mol. The molecule has 0 amide bonds. The molecule has 0 radical (unpaired) electrons. The van der Waals surface area contributed by atoms with Crippen LogP contribution in [0.5, 0.6) is 0 Å². The van der Waals surface area contributed by atoms with Gasteiger partial charge >= 0.3 is 0 Å².